The highest BCUT2D eigenvalue weighted by atomic mass is 19.3. The maximum atomic E-state index is 12.0. The van der Waals surface area contributed by atoms with Gasteiger partial charge in [0.1, 0.15) is 5.75 Å². The van der Waals surface area contributed by atoms with Crippen LogP contribution in [0.15, 0.2) is 24.3 Å². The lowest BCUT2D eigenvalue weighted by atomic mass is 10.3. The average Bonchev–Trinajstić information content (AvgIpc) is 2.26. The quantitative estimate of drug-likeness (QED) is 0.802. The van der Waals surface area contributed by atoms with E-state index in [0.29, 0.717) is 18.7 Å². The Hall–Kier alpha value is -1.69. The molecular formula is C11H14F2N2O2. The van der Waals surface area contributed by atoms with E-state index in [1.807, 2.05) is 0 Å². The second-order valence-electron chi connectivity index (χ2n) is 3.31. The van der Waals surface area contributed by atoms with Gasteiger partial charge >= 0.3 is 6.61 Å². The van der Waals surface area contributed by atoms with Crippen LogP contribution in [-0.2, 0) is 4.79 Å². The van der Waals surface area contributed by atoms with Gasteiger partial charge < -0.3 is 15.4 Å². The maximum absolute atomic E-state index is 12.0. The number of benzene rings is 1. The van der Waals surface area contributed by atoms with Gasteiger partial charge in [-0.25, -0.2) is 0 Å². The summed E-state index contributed by atoms with van der Waals surface area (Å²) in [5.41, 5.74) is 0.434. The number of alkyl halides is 2. The van der Waals surface area contributed by atoms with E-state index >= 15 is 0 Å². The standard InChI is InChI=1S/C11H14F2N2O2/c1-14-6-5-10(16)15-8-3-2-4-9(7-8)17-11(12)13/h2-4,7,11,14H,5-6H2,1H3,(H,15,16). The van der Waals surface area contributed by atoms with Crippen LogP contribution >= 0.6 is 0 Å². The predicted molar refractivity (Wildman–Crippen MR) is 60.2 cm³/mol. The second kappa shape index (κ2) is 6.80. The minimum atomic E-state index is -2.87. The third-order valence-electron chi connectivity index (χ3n) is 1.95. The molecular weight excluding hydrogens is 230 g/mol. The van der Waals surface area contributed by atoms with Crippen molar-refractivity contribution < 1.29 is 18.3 Å². The zero-order valence-corrected chi connectivity index (χ0v) is 9.37. The summed E-state index contributed by atoms with van der Waals surface area (Å²) >= 11 is 0. The first kappa shape index (κ1) is 13.4. The van der Waals surface area contributed by atoms with Gasteiger partial charge in [-0.3, -0.25) is 4.79 Å². The van der Waals surface area contributed by atoms with E-state index in [1.54, 1.807) is 13.1 Å². The smallest absolute Gasteiger partial charge is 0.387 e. The van der Waals surface area contributed by atoms with Crippen LogP contribution in [-0.4, -0.2) is 26.1 Å². The van der Waals surface area contributed by atoms with Gasteiger partial charge in [0, 0.05) is 24.7 Å². The number of amides is 1. The van der Waals surface area contributed by atoms with Crippen molar-refractivity contribution >= 4 is 11.6 Å². The van der Waals surface area contributed by atoms with Gasteiger partial charge in [-0.15, -0.1) is 0 Å². The summed E-state index contributed by atoms with van der Waals surface area (Å²) in [5, 5.41) is 5.42. The number of hydrogen-bond donors (Lipinski definition) is 2. The van der Waals surface area contributed by atoms with E-state index in [-0.39, 0.29) is 11.7 Å². The Bertz CT molecular complexity index is 372. The maximum Gasteiger partial charge on any atom is 0.387 e. The van der Waals surface area contributed by atoms with Crippen molar-refractivity contribution in [3.8, 4) is 5.75 Å². The third-order valence-corrected chi connectivity index (χ3v) is 1.95. The molecule has 2 N–H and O–H groups in total. The molecule has 0 aromatic heterocycles. The summed E-state index contributed by atoms with van der Waals surface area (Å²) in [6, 6.07) is 5.89. The zero-order valence-electron chi connectivity index (χ0n) is 9.37. The molecule has 0 aliphatic carbocycles. The van der Waals surface area contributed by atoms with Crippen molar-refractivity contribution in [2.45, 2.75) is 13.0 Å². The lowest BCUT2D eigenvalue weighted by Gasteiger charge is -2.08. The molecule has 4 nitrogen and oxygen atoms in total. The van der Waals surface area contributed by atoms with Gasteiger partial charge in [-0.05, 0) is 19.2 Å². The van der Waals surface area contributed by atoms with Crippen molar-refractivity contribution in [3.63, 3.8) is 0 Å². The molecule has 17 heavy (non-hydrogen) atoms. The number of rotatable bonds is 6. The highest BCUT2D eigenvalue weighted by Crippen LogP contribution is 2.19. The van der Waals surface area contributed by atoms with Crippen LogP contribution in [0.1, 0.15) is 6.42 Å². The largest absolute Gasteiger partial charge is 0.435 e. The summed E-state index contributed by atoms with van der Waals surface area (Å²) in [4.78, 5) is 11.4. The van der Waals surface area contributed by atoms with Crippen LogP contribution in [0.3, 0.4) is 0 Å². The zero-order chi connectivity index (χ0) is 12.7. The molecule has 1 aromatic carbocycles. The predicted octanol–water partition coefficient (Wildman–Crippen LogP) is 1.84. The molecule has 0 bridgehead atoms. The highest BCUT2D eigenvalue weighted by Gasteiger charge is 2.06. The SMILES string of the molecule is CNCCC(=O)Nc1cccc(OC(F)F)c1. The van der Waals surface area contributed by atoms with Crippen LogP contribution in [0, 0.1) is 0 Å². The molecule has 1 aromatic rings. The summed E-state index contributed by atoms with van der Waals surface area (Å²) in [5.74, 6) is -0.167. The van der Waals surface area contributed by atoms with Crippen LogP contribution < -0.4 is 15.4 Å². The Morgan fingerprint density at radius 1 is 1.47 bits per heavy atom. The van der Waals surface area contributed by atoms with Crippen LogP contribution in [0.5, 0.6) is 5.75 Å². The Balaban J connectivity index is 2.56. The first-order valence-electron chi connectivity index (χ1n) is 5.11. The molecule has 1 rings (SSSR count). The number of carbonyl (C=O) groups excluding carboxylic acids is 1. The minimum absolute atomic E-state index is 0.0198. The Labute approximate surface area is 98.0 Å². The molecule has 0 aliphatic heterocycles. The summed E-state index contributed by atoms with van der Waals surface area (Å²) in [6.07, 6.45) is 0.316. The van der Waals surface area contributed by atoms with E-state index in [1.165, 1.54) is 18.2 Å². The molecule has 0 unspecified atom stereocenters. The van der Waals surface area contributed by atoms with Gasteiger partial charge in [0.15, 0.2) is 0 Å². The minimum Gasteiger partial charge on any atom is -0.435 e. The Kier molecular flexibility index (Phi) is 5.35. The molecule has 0 saturated carbocycles. The fourth-order valence-corrected chi connectivity index (χ4v) is 1.21. The summed E-state index contributed by atoms with van der Waals surface area (Å²) in [7, 11) is 1.74. The lowest BCUT2D eigenvalue weighted by Crippen LogP contribution is -2.18. The van der Waals surface area contributed by atoms with Crippen molar-refractivity contribution in [3.05, 3.63) is 24.3 Å². The molecule has 94 valence electrons. The highest BCUT2D eigenvalue weighted by molar-refractivity contribution is 5.90. The molecule has 0 atom stereocenters. The molecule has 0 radical (unpaired) electrons. The number of nitrogens with one attached hydrogen (secondary N) is 2. The first-order chi connectivity index (χ1) is 8.11. The summed E-state index contributed by atoms with van der Waals surface area (Å²) < 4.78 is 28.1. The topological polar surface area (TPSA) is 50.4 Å². The van der Waals surface area contributed by atoms with Crippen molar-refractivity contribution in [1.82, 2.24) is 5.32 Å². The molecule has 0 heterocycles. The van der Waals surface area contributed by atoms with Crippen LogP contribution in [0.4, 0.5) is 14.5 Å². The van der Waals surface area contributed by atoms with Gasteiger partial charge in [-0.1, -0.05) is 6.07 Å². The lowest BCUT2D eigenvalue weighted by molar-refractivity contribution is -0.116. The van der Waals surface area contributed by atoms with E-state index in [9.17, 15) is 13.6 Å². The molecule has 6 heteroatoms. The Morgan fingerprint density at radius 3 is 2.88 bits per heavy atom. The van der Waals surface area contributed by atoms with Crippen molar-refractivity contribution in [2.75, 3.05) is 18.9 Å². The van der Waals surface area contributed by atoms with Crippen LogP contribution in [0.25, 0.3) is 0 Å². The molecule has 1 amide bonds. The van der Waals surface area contributed by atoms with Gasteiger partial charge in [0.25, 0.3) is 0 Å². The van der Waals surface area contributed by atoms with Gasteiger partial charge in [-0.2, -0.15) is 8.78 Å². The van der Waals surface area contributed by atoms with Crippen LogP contribution in [0.2, 0.25) is 0 Å². The number of hydrogen-bond acceptors (Lipinski definition) is 3. The molecule has 0 saturated heterocycles. The van der Waals surface area contributed by atoms with E-state index in [4.69, 9.17) is 0 Å². The second-order valence-corrected chi connectivity index (χ2v) is 3.31. The fourth-order valence-electron chi connectivity index (χ4n) is 1.21. The van der Waals surface area contributed by atoms with E-state index in [0.717, 1.165) is 0 Å². The van der Waals surface area contributed by atoms with Gasteiger partial charge in [0.2, 0.25) is 5.91 Å². The van der Waals surface area contributed by atoms with Gasteiger partial charge in [0.05, 0.1) is 0 Å². The number of anilines is 1. The van der Waals surface area contributed by atoms with E-state index < -0.39 is 6.61 Å². The normalized spacial score (nSPS) is 10.4. The molecule has 0 aliphatic rings. The third kappa shape index (κ3) is 5.26. The number of ether oxygens (including phenoxy) is 1. The Morgan fingerprint density at radius 2 is 2.24 bits per heavy atom. The fraction of sp³-hybridized carbons (Fsp3) is 0.364. The summed E-state index contributed by atoms with van der Waals surface area (Å²) in [6.45, 7) is -2.32. The van der Waals surface area contributed by atoms with E-state index in [2.05, 4.69) is 15.4 Å². The average molecular weight is 244 g/mol. The number of carbonyl (C=O) groups is 1. The monoisotopic (exact) mass is 244 g/mol. The molecule has 0 spiro atoms. The van der Waals surface area contributed by atoms with Crippen molar-refractivity contribution in [2.24, 2.45) is 0 Å². The molecule has 0 fully saturated rings. The number of halogens is 2. The first-order valence-corrected chi connectivity index (χ1v) is 5.11. The van der Waals surface area contributed by atoms with Crippen molar-refractivity contribution in [1.29, 1.82) is 0 Å².